The van der Waals surface area contributed by atoms with Crippen molar-refractivity contribution in [2.75, 3.05) is 0 Å². The zero-order chi connectivity index (χ0) is 9.54. The second-order valence-corrected chi connectivity index (χ2v) is 3.41. The molecule has 0 saturated carbocycles. The van der Waals surface area contributed by atoms with Crippen LogP contribution in [-0.4, -0.2) is 0 Å². The van der Waals surface area contributed by atoms with Crippen LogP contribution >= 0.6 is 0 Å². The van der Waals surface area contributed by atoms with Crippen molar-refractivity contribution in [1.82, 2.24) is 0 Å². The lowest BCUT2D eigenvalue weighted by molar-refractivity contribution is 0.134. The van der Waals surface area contributed by atoms with Crippen molar-refractivity contribution in [1.29, 1.82) is 0 Å². The molecule has 3 heteroatoms. The molecule has 0 atom stereocenters. The lowest BCUT2D eigenvalue weighted by Crippen LogP contribution is -1.95. The normalized spacial score (nSPS) is 14.6. The molecule has 3 nitrogen and oxygen atoms in total. The third-order valence-electron chi connectivity index (χ3n) is 2.46. The van der Waals surface area contributed by atoms with Gasteiger partial charge in [-0.3, -0.25) is 0 Å². The van der Waals surface area contributed by atoms with Gasteiger partial charge in [0.05, 0.1) is 13.2 Å². The van der Waals surface area contributed by atoms with Crippen LogP contribution in [0.4, 0.5) is 0 Å². The molecule has 0 aliphatic carbocycles. The molecular formula is C11H8O3. The first-order valence-corrected chi connectivity index (χ1v) is 4.46. The van der Waals surface area contributed by atoms with Crippen molar-refractivity contribution in [2.24, 2.45) is 0 Å². The Bertz CT molecular complexity index is 554. The maximum Gasteiger partial charge on any atom is 0.336 e. The molecule has 0 radical (unpaired) electrons. The molecule has 0 unspecified atom stereocenters. The molecule has 70 valence electrons. The molecule has 1 aromatic carbocycles. The van der Waals surface area contributed by atoms with Crippen LogP contribution in [0.1, 0.15) is 11.1 Å². The zero-order valence-corrected chi connectivity index (χ0v) is 7.45. The van der Waals surface area contributed by atoms with E-state index in [9.17, 15) is 4.79 Å². The molecule has 0 N–H and O–H groups in total. The summed E-state index contributed by atoms with van der Waals surface area (Å²) < 4.78 is 10.4. The standard InChI is InChI=1S/C11H8O3/c12-11-2-1-7-3-8-5-13-6-9(8)4-10(7)14-11/h1-4H,5-6H2. The fourth-order valence-electron chi connectivity index (χ4n) is 1.74. The lowest BCUT2D eigenvalue weighted by atomic mass is 10.1. The quantitative estimate of drug-likeness (QED) is 0.592. The average molecular weight is 188 g/mol. The molecule has 0 amide bonds. The van der Waals surface area contributed by atoms with Gasteiger partial charge in [0.2, 0.25) is 0 Å². The van der Waals surface area contributed by atoms with E-state index in [1.807, 2.05) is 12.1 Å². The third kappa shape index (κ3) is 1.06. The zero-order valence-electron chi connectivity index (χ0n) is 7.45. The Morgan fingerprint density at radius 1 is 1.07 bits per heavy atom. The SMILES string of the molecule is O=c1ccc2cc3c(cc2o1)COC3. The number of hydrogen-bond donors (Lipinski definition) is 0. The van der Waals surface area contributed by atoms with Gasteiger partial charge in [0.1, 0.15) is 5.58 Å². The van der Waals surface area contributed by atoms with Gasteiger partial charge in [-0.2, -0.15) is 0 Å². The van der Waals surface area contributed by atoms with Crippen molar-refractivity contribution in [2.45, 2.75) is 13.2 Å². The van der Waals surface area contributed by atoms with Gasteiger partial charge in [-0.15, -0.1) is 0 Å². The minimum absolute atomic E-state index is 0.309. The fourth-order valence-corrected chi connectivity index (χ4v) is 1.74. The van der Waals surface area contributed by atoms with Gasteiger partial charge in [-0.05, 0) is 29.3 Å². The molecule has 0 saturated heterocycles. The average Bonchev–Trinajstić information content (AvgIpc) is 2.61. The molecular weight excluding hydrogens is 180 g/mol. The Morgan fingerprint density at radius 3 is 2.71 bits per heavy atom. The lowest BCUT2D eigenvalue weighted by Gasteiger charge is -1.99. The summed E-state index contributed by atoms with van der Waals surface area (Å²) >= 11 is 0. The van der Waals surface area contributed by atoms with Crippen LogP contribution < -0.4 is 5.63 Å². The number of rotatable bonds is 0. The first-order valence-electron chi connectivity index (χ1n) is 4.46. The van der Waals surface area contributed by atoms with Crippen LogP contribution in [0.25, 0.3) is 11.0 Å². The summed E-state index contributed by atoms with van der Waals surface area (Å²) in [6.45, 7) is 1.27. The van der Waals surface area contributed by atoms with E-state index in [0.717, 1.165) is 10.9 Å². The molecule has 0 bridgehead atoms. The Kier molecular flexibility index (Phi) is 1.49. The van der Waals surface area contributed by atoms with E-state index >= 15 is 0 Å². The van der Waals surface area contributed by atoms with E-state index in [0.29, 0.717) is 18.8 Å². The van der Waals surface area contributed by atoms with Crippen molar-refractivity contribution in [3.05, 3.63) is 45.8 Å². The van der Waals surface area contributed by atoms with Crippen molar-refractivity contribution < 1.29 is 9.15 Å². The third-order valence-corrected chi connectivity index (χ3v) is 2.46. The minimum Gasteiger partial charge on any atom is -0.423 e. The fraction of sp³-hybridized carbons (Fsp3) is 0.182. The van der Waals surface area contributed by atoms with E-state index < -0.39 is 0 Å². The van der Waals surface area contributed by atoms with E-state index in [1.54, 1.807) is 6.07 Å². The van der Waals surface area contributed by atoms with Crippen molar-refractivity contribution in [3.63, 3.8) is 0 Å². The topological polar surface area (TPSA) is 39.4 Å². The van der Waals surface area contributed by atoms with Gasteiger partial charge in [0, 0.05) is 11.5 Å². The Morgan fingerprint density at radius 2 is 1.86 bits per heavy atom. The van der Waals surface area contributed by atoms with Gasteiger partial charge in [0.15, 0.2) is 0 Å². The molecule has 1 aliphatic heterocycles. The van der Waals surface area contributed by atoms with Crippen molar-refractivity contribution >= 4 is 11.0 Å². The van der Waals surface area contributed by atoms with Crippen LogP contribution in [0.3, 0.4) is 0 Å². The molecule has 0 fully saturated rings. The summed E-state index contributed by atoms with van der Waals surface area (Å²) in [6, 6.07) is 7.12. The van der Waals surface area contributed by atoms with Gasteiger partial charge >= 0.3 is 5.63 Å². The van der Waals surface area contributed by atoms with Gasteiger partial charge in [-0.1, -0.05) is 0 Å². The first kappa shape index (κ1) is 7.76. The summed E-state index contributed by atoms with van der Waals surface area (Å²) in [4.78, 5) is 11.0. The smallest absolute Gasteiger partial charge is 0.336 e. The van der Waals surface area contributed by atoms with E-state index in [-0.39, 0.29) is 5.63 Å². The molecule has 2 aromatic rings. The van der Waals surface area contributed by atoms with Crippen molar-refractivity contribution in [3.8, 4) is 0 Å². The largest absolute Gasteiger partial charge is 0.423 e. The van der Waals surface area contributed by atoms with E-state index in [1.165, 1.54) is 11.6 Å². The predicted molar refractivity (Wildman–Crippen MR) is 51.0 cm³/mol. The van der Waals surface area contributed by atoms with Crippen LogP contribution in [0.5, 0.6) is 0 Å². The van der Waals surface area contributed by atoms with Gasteiger partial charge < -0.3 is 9.15 Å². The molecule has 1 aliphatic rings. The second kappa shape index (κ2) is 2.69. The van der Waals surface area contributed by atoms with Gasteiger partial charge in [0.25, 0.3) is 0 Å². The molecule has 1 aromatic heterocycles. The first-order chi connectivity index (χ1) is 6.83. The predicted octanol–water partition coefficient (Wildman–Crippen LogP) is 1.82. The Hall–Kier alpha value is -1.61. The number of fused-ring (bicyclic) bond motifs is 2. The maximum atomic E-state index is 11.0. The second-order valence-electron chi connectivity index (χ2n) is 3.41. The summed E-state index contributed by atoms with van der Waals surface area (Å²) in [5.41, 5.74) is 2.64. The number of hydrogen-bond acceptors (Lipinski definition) is 3. The number of ether oxygens (including phenoxy) is 1. The molecule has 2 heterocycles. The molecule has 0 spiro atoms. The molecule has 14 heavy (non-hydrogen) atoms. The highest BCUT2D eigenvalue weighted by Crippen LogP contribution is 2.24. The monoisotopic (exact) mass is 188 g/mol. The minimum atomic E-state index is -0.309. The van der Waals surface area contributed by atoms with E-state index in [4.69, 9.17) is 9.15 Å². The van der Waals surface area contributed by atoms with Gasteiger partial charge in [-0.25, -0.2) is 4.79 Å². The summed E-state index contributed by atoms with van der Waals surface area (Å²) in [6.07, 6.45) is 0. The van der Waals surface area contributed by atoms with Crippen LogP contribution in [0.15, 0.2) is 33.5 Å². The Balaban J connectivity index is 2.39. The number of benzene rings is 1. The van der Waals surface area contributed by atoms with Crippen LogP contribution in [-0.2, 0) is 18.0 Å². The highest BCUT2D eigenvalue weighted by molar-refractivity contribution is 5.78. The summed E-state index contributed by atoms with van der Waals surface area (Å²) in [5.74, 6) is 0. The molecule has 3 rings (SSSR count). The highest BCUT2D eigenvalue weighted by atomic mass is 16.5. The summed E-state index contributed by atoms with van der Waals surface area (Å²) in [7, 11) is 0. The van der Waals surface area contributed by atoms with E-state index in [2.05, 4.69) is 0 Å². The highest BCUT2D eigenvalue weighted by Gasteiger charge is 2.12. The van der Waals surface area contributed by atoms with Crippen LogP contribution in [0, 0.1) is 0 Å². The maximum absolute atomic E-state index is 11.0. The van der Waals surface area contributed by atoms with Crippen LogP contribution in [0.2, 0.25) is 0 Å². The Labute approximate surface area is 79.9 Å². The summed E-state index contributed by atoms with van der Waals surface area (Å²) in [5, 5.41) is 0.953.